The van der Waals surface area contributed by atoms with Crippen molar-refractivity contribution in [2.24, 2.45) is 5.73 Å². The molecular formula is C18H19NO4S. The number of benzene rings is 2. The maximum absolute atomic E-state index is 11.5. The lowest BCUT2D eigenvalue weighted by Crippen LogP contribution is -2.32. The van der Waals surface area contributed by atoms with Crippen molar-refractivity contribution in [2.75, 3.05) is 5.75 Å². The number of aliphatic carboxylic acids is 1. The van der Waals surface area contributed by atoms with E-state index in [9.17, 15) is 9.59 Å². The van der Waals surface area contributed by atoms with Gasteiger partial charge in [-0.3, -0.25) is 4.79 Å². The third kappa shape index (κ3) is 6.06. The lowest BCUT2D eigenvalue weighted by atomic mass is 10.0. The van der Waals surface area contributed by atoms with Crippen LogP contribution in [-0.4, -0.2) is 28.2 Å². The van der Waals surface area contributed by atoms with E-state index in [0.717, 1.165) is 23.7 Å². The van der Waals surface area contributed by atoms with Gasteiger partial charge >= 0.3 is 11.3 Å². The number of thioether (sulfide) groups is 1. The molecule has 2 aromatic carbocycles. The molecule has 0 aliphatic heterocycles. The fraction of sp³-hybridized carbons (Fsp3) is 0.222. The van der Waals surface area contributed by atoms with Crippen LogP contribution < -0.4 is 5.73 Å². The first-order valence-electron chi connectivity index (χ1n) is 7.44. The monoisotopic (exact) mass is 345 g/mol. The van der Waals surface area contributed by atoms with Crippen LogP contribution in [0.4, 0.5) is 4.79 Å². The molecule has 5 nitrogen and oxygen atoms in total. The third-order valence-electron chi connectivity index (χ3n) is 3.33. The number of hydrogen-bond donors (Lipinski definition) is 2. The summed E-state index contributed by atoms with van der Waals surface area (Å²) in [4.78, 5) is 22.1. The maximum Gasteiger partial charge on any atom is 0.367 e. The van der Waals surface area contributed by atoms with Crippen LogP contribution >= 0.6 is 11.8 Å². The van der Waals surface area contributed by atoms with Crippen molar-refractivity contribution in [2.45, 2.75) is 19.1 Å². The quantitative estimate of drug-likeness (QED) is 0.750. The van der Waals surface area contributed by atoms with Gasteiger partial charge in [0, 0.05) is 5.75 Å². The fourth-order valence-corrected chi connectivity index (χ4v) is 2.60. The Morgan fingerprint density at radius 2 is 1.58 bits per heavy atom. The van der Waals surface area contributed by atoms with Crippen LogP contribution in [0.25, 0.3) is 0 Å². The summed E-state index contributed by atoms with van der Waals surface area (Å²) in [5.41, 5.74) is 8.62. The van der Waals surface area contributed by atoms with Crippen molar-refractivity contribution in [1.29, 1.82) is 0 Å². The molecule has 0 aliphatic rings. The second-order valence-electron chi connectivity index (χ2n) is 5.27. The smallest absolute Gasteiger partial charge is 0.367 e. The molecule has 0 fully saturated rings. The van der Waals surface area contributed by atoms with Gasteiger partial charge in [-0.05, 0) is 34.9 Å². The molecule has 0 heterocycles. The van der Waals surface area contributed by atoms with Crippen LogP contribution in [-0.2, 0) is 22.6 Å². The molecule has 0 aliphatic carbocycles. The molecule has 0 amide bonds. The van der Waals surface area contributed by atoms with Crippen LogP contribution in [0.3, 0.4) is 0 Å². The Morgan fingerprint density at radius 3 is 2.21 bits per heavy atom. The van der Waals surface area contributed by atoms with Crippen LogP contribution in [0.15, 0.2) is 54.6 Å². The number of carboxylic acid groups (broad SMARTS) is 1. The molecule has 0 saturated carbocycles. The van der Waals surface area contributed by atoms with E-state index in [1.165, 1.54) is 11.1 Å². The van der Waals surface area contributed by atoms with Gasteiger partial charge in [0.2, 0.25) is 0 Å². The molecule has 1 atom stereocenters. The van der Waals surface area contributed by atoms with Crippen LogP contribution in [0, 0.1) is 0 Å². The number of carboxylic acids is 1. The van der Waals surface area contributed by atoms with Gasteiger partial charge in [0.1, 0.15) is 12.6 Å². The molecule has 24 heavy (non-hydrogen) atoms. The summed E-state index contributed by atoms with van der Waals surface area (Å²) in [6.07, 6.45) is 0.851. The first kappa shape index (κ1) is 18.0. The highest BCUT2D eigenvalue weighted by atomic mass is 32.2. The standard InChI is InChI=1S/C18H19NO4S/c19-16(17(20)21)12-24-18(22)23-11-15-8-6-14(7-9-15)10-13-4-2-1-3-5-13/h1-9,16H,10-12,19H2,(H,20,21). The summed E-state index contributed by atoms with van der Waals surface area (Å²) < 4.78 is 5.09. The summed E-state index contributed by atoms with van der Waals surface area (Å²) in [5, 5.41) is 8.12. The molecule has 126 valence electrons. The number of carbonyl (C=O) groups excluding carboxylic acids is 1. The minimum absolute atomic E-state index is 0.00974. The van der Waals surface area contributed by atoms with Crippen molar-refractivity contribution in [3.05, 3.63) is 71.3 Å². The van der Waals surface area contributed by atoms with E-state index < -0.39 is 17.3 Å². The highest BCUT2D eigenvalue weighted by Crippen LogP contribution is 2.13. The lowest BCUT2D eigenvalue weighted by Gasteiger charge is -2.07. The van der Waals surface area contributed by atoms with E-state index in [1.807, 2.05) is 42.5 Å². The molecule has 0 spiro atoms. The summed E-state index contributed by atoms with van der Waals surface area (Å²) in [7, 11) is 0. The molecular weight excluding hydrogens is 326 g/mol. The largest absolute Gasteiger partial charge is 0.480 e. The second kappa shape index (κ2) is 9.10. The molecule has 2 aromatic rings. The number of rotatable bonds is 7. The molecule has 1 unspecified atom stereocenters. The summed E-state index contributed by atoms with van der Waals surface area (Å²) in [5.74, 6) is -1.14. The normalized spacial score (nSPS) is 11.7. The Balaban J connectivity index is 1.77. The fourth-order valence-electron chi connectivity index (χ4n) is 2.00. The Labute approximate surface area is 144 Å². The molecule has 0 bridgehead atoms. The molecule has 3 N–H and O–H groups in total. The van der Waals surface area contributed by atoms with Gasteiger partial charge in [-0.15, -0.1) is 0 Å². The average molecular weight is 345 g/mol. The zero-order valence-electron chi connectivity index (χ0n) is 13.1. The van der Waals surface area contributed by atoms with Gasteiger partial charge in [0.15, 0.2) is 0 Å². The molecule has 0 aromatic heterocycles. The van der Waals surface area contributed by atoms with Crippen molar-refractivity contribution in [1.82, 2.24) is 0 Å². The van der Waals surface area contributed by atoms with Crippen LogP contribution in [0.2, 0.25) is 0 Å². The number of nitrogens with two attached hydrogens (primary N) is 1. The number of ether oxygens (including phenoxy) is 1. The van der Waals surface area contributed by atoms with E-state index in [0.29, 0.717) is 0 Å². The van der Waals surface area contributed by atoms with Gasteiger partial charge in [0.25, 0.3) is 0 Å². The van der Waals surface area contributed by atoms with E-state index in [1.54, 1.807) is 0 Å². The zero-order chi connectivity index (χ0) is 17.4. The predicted molar refractivity (Wildman–Crippen MR) is 93.9 cm³/mol. The van der Waals surface area contributed by atoms with Crippen molar-refractivity contribution >= 4 is 23.0 Å². The highest BCUT2D eigenvalue weighted by Gasteiger charge is 2.14. The van der Waals surface area contributed by atoms with Crippen molar-refractivity contribution < 1.29 is 19.4 Å². The Kier molecular flexibility index (Phi) is 6.84. The lowest BCUT2D eigenvalue weighted by molar-refractivity contribution is -0.137. The molecule has 6 heteroatoms. The summed E-state index contributed by atoms with van der Waals surface area (Å²) in [6, 6.07) is 16.9. The number of hydrogen-bond acceptors (Lipinski definition) is 5. The van der Waals surface area contributed by atoms with E-state index in [2.05, 4.69) is 12.1 Å². The topological polar surface area (TPSA) is 89.6 Å². The maximum atomic E-state index is 11.5. The predicted octanol–water partition coefficient (Wildman–Crippen LogP) is 3.06. The van der Waals surface area contributed by atoms with Crippen LogP contribution in [0.1, 0.15) is 16.7 Å². The van der Waals surface area contributed by atoms with Gasteiger partial charge in [-0.25, -0.2) is 4.79 Å². The Morgan fingerprint density at radius 1 is 1.00 bits per heavy atom. The summed E-state index contributed by atoms with van der Waals surface area (Å²) in [6.45, 7) is 0.153. The zero-order valence-corrected chi connectivity index (χ0v) is 13.9. The molecule has 2 rings (SSSR count). The van der Waals surface area contributed by atoms with Crippen molar-refractivity contribution in [3.63, 3.8) is 0 Å². The summed E-state index contributed by atoms with van der Waals surface area (Å²) >= 11 is 0.770. The minimum atomic E-state index is -1.13. The Bertz CT molecular complexity index is 673. The number of carbonyl (C=O) groups is 2. The molecule has 0 radical (unpaired) electrons. The highest BCUT2D eigenvalue weighted by molar-refractivity contribution is 8.13. The van der Waals surface area contributed by atoms with Gasteiger partial charge in [-0.2, -0.15) is 0 Å². The van der Waals surface area contributed by atoms with E-state index in [4.69, 9.17) is 15.6 Å². The molecule has 0 saturated heterocycles. The first-order valence-corrected chi connectivity index (χ1v) is 8.43. The second-order valence-corrected chi connectivity index (χ2v) is 6.23. The average Bonchev–Trinajstić information content (AvgIpc) is 2.59. The Hall–Kier alpha value is -2.31. The van der Waals surface area contributed by atoms with Crippen LogP contribution in [0.5, 0.6) is 0 Å². The van der Waals surface area contributed by atoms with E-state index in [-0.39, 0.29) is 12.4 Å². The van der Waals surface area contributed by atoms with Crippen molar-refractivity contribution in [3.8, 4) is 0 Å². The van der Waals surface area contributed by atoms with Gasteiger partial charge in [0.05, 0.1) is 0 Å². The SMILES string of the molecule is NC(CSC(=O)OCc1ccc(Cc2ccccc2)cc1)C(=O)O. The first-order chi connectivity index (χ1) is 11.5. The van der Waals surface area contributed by atoms with E-state index >= 15 is 0 Å². The minimum Gasteiger partial charge on any atom is -0.480 e. The van der Waals surface area contributed by atoms with Gasteiger partial charge in [-0.1, -0.05) is 54.6 Å². The third-order valence-corrected chi connectivity index (χ3v) is 4.21. The van der Waals surface area contributed by atoms with Gasteiger partial charge < -0.3 is 15.6 Å².